The van der Waals surface area contributed by atoms with Crippen LogP contribution < -0.4 is 10.1 Å². The van der Waals surface area contributed by atoms with Gasteiger partial charge in [0, 0.05) is 5.92 Å². The zero-order chi connectivity index (χ0) is 35.4. The lowest BCUT2D eigenvalue weighted by Gasteiger charge is -2.35. The minimum Gasteiger partial charge on any atom is -0.471 e. The van der Waals surface area contributed by atoms with E-state index >= 15 is 0 Å². The Morgan fingerprint density at radius 2 is 1.79 bits per heavy atom. The number of fused-ring (bicyclic) bond motifs is 1. The molecule has 1 saturated carbocycles. The highest BCUT2D eigenvalue weighted by atomic mass is 16.6. The summed E-state index contributed by atoms with van der Waals surface area (Å²) < 4.78 is 12.4. The summed E-state index contributed by atoms with van der Waals surface area (Å²) in [6.45, 7) is 14.8. The predicted molar refractivity (Wildman–Crippen MR) is 182 cm³/mol. The van der Waals surface area contributed by atoms with Gasteiger partial charge in [-0.2, -0.15) is 5.26 Å². The van der Waals surface area contributed by atoms with Crippen LogP contribution in [-0.2, 0) is 20.7 Å². The van der Waals surface area contributed by atoms with Gasteiger partial charge in [0.2, 0.25) is 11.8 Å². The zero-order valence-electron chi connectivity index (χ0n) is 29.8. The third-order valence-corrected chi connectivity index (χ3v) is 9.53. The Hall–Kier alpha value is -3.94. The van der Waals surface area contributed by atoms with Crippen molar-refractivity contribution in [2.75, 3.05) is 6.54 Å². The Morgan fingerprint density at radius 1 is 1.06 bits per heavy atom. The van der Waals surface area contributed by atoms with Crippen molar-refractivity contribution in [3.05, 3.63) is 29.5 Å². The summed E-state index contributed by atoms with van der Waals surface area (Å²) in [7, 11) is 0. The summed E-state index contributed by atoms with van der Waals surface area (Å²) in [5.41, 5.74) is 0.732. The van der Waals surface area contributed by atoms with E-state index in [9.17, 15) is 24.8 Å². The number of likely N-dealkylation sites (tertiary alicyclic amines) is 1. The quantitative estimate of drug-likeness (QED) is 0.198. The van der Waals surface area contributed by atoms with Crippen LogP contribution in [0.15, 0.2) is 18.2 Å². The second kappa shape index (κ2) is 15.1. The largest absolute Gasteiger partial charge is 0.471 e. The number of carbonyl (C=O) groups is 3. The molecule has 2 amide bonds. The molecule has 2 aromatic rings. The highest BCUT2D eigenvalue weighted by Gasteiger charge is 2.51. The van der Waals surface area contributed by atoms with Crippen molar-refractivity contribution in [1.29, 1.82) is 5.26 Å². The fourth-order valence-electron chi connectivity index (χ4n) is 7.01. The normalized spacial score (nSPS) is 23.5. The molecule has 2 heterocycles. The Labute approximate surface area is 284 Å². The molecule has 0 spiro atoms. The number of esters is 1. The smallest absolute Gasteiger partial charge is 0.405 e. The van der Waals surface area contributed by atoms with Crippen molar-refractivity contribution in [3.8, 4) is 11.9 Å². The molecule has 2 N–H and O–H groups in total. The Kier molecular flexibility index (Phi) is 11.6. The molecule has 2 fully saturated rings. The molecular formula is C37H53N5O6. The molecule has 11 nitrogen and oxygen atoms in total. The number of hydrogen-bond acceptors (Lipinski definition) is 8. The van der Waals surface area contributed by atoms with Gasteiger partial charge in [0.25, 0.3) is 0 Å². The van der Waals surface area contributed by atoms with Crippen LogP contribution in [0.25, 0.3) is 11.0 Å². The number of amides is 2. The molecule has 1 aromatic heterocycles. The van der Waals surface area contributed by atoms with Crippen molar-refractivity contribution in [2.24, 2.45) is 23.2 Å². The molecule has 1 saturated heterocycles. The van der Waals surface area contributed by atoms with Crippen LogP contribution >= 0.6 is 0 Å². The second-order valence-electron chi connectivity index (χ2n) is 15.9. The van der Waals surface area contributed by atoms with Crippen molar-refractivity contribution in [2.45, 2.75) is 131 Å². The summed E-state index contributed by atoms with van der Waals surface area (Å²) in [5, 5.41) is 21.4. The van der Waals surface area contributed by atoms with E-state index in [4.69, 9.17) is 19.4 Å². The van der Waals surface area contributed by atoms with Gasteiger partial charge >= 0.3 is 12.1 Å². The number of nitrogens with one attached hydrogen (secondary N) is 1. The lowest BCUT2D eigenvalue weighted by Crippen LogP contribution is -2.57. The first-order valence-corrected chi connectivity index (χ1v) is 17.4. The molecule has 0 unspecified atom stereocenters. The first kappa shape index (κ1) is 36.9. The van der Waals surface area contributed by atoms with Crippen LogP contribution in [0.1, 0.15) is 112 Å². The fraction of sp³-hybridized carbons (Fsp3) is 0.676. The van der Waals surface area contributed by atoms with Crippen LogP contribution in [0.5, 0.6) is 5.88 Å². The number of carboxylic acid groups (broad SMARTS) is 1. The molecule has 262 valence electrons. The maximum absolute atomic E-state index is 14.1. The number of unbranched alkanes of at least 4 members (excludes halogenated alkanes) is 2. The lowest BCUT2D eigenvalue weighted by atomic mass is 9.85. The second-order valence-corrected chi connectivity index (χ2v) is 15.9. The number of nitriles is 1. The summed E-state index contributed by atoms with van der Waals surface area (Å²) in [4.78, 5) is 50.5. The minimum atomic E-state index is -1.33. The zero-order valence-corrected chi connectivity index (χ0v) is 29.8. The van der Waals surface area contributed by atoms with Crippen LogP contribution in [0.3, 0.4) is 0 Å². The average molecular weight is 664 g/mol. The van der Waals surface area contributed by atoms with Crippen molar-refractivity contribution in [3.63, 3.8) is 0 Å². The van der Waals surface area contributed by atoms with Crippen LogP contribution in [0, 0.1) is 34.5 Å². The summed E-state index contributed by atoms with van der Waals surface area (Å²) >= 11 is 0. The Morgan fingerprint density at radius 3 is 2.40 bits per heavy atom. The lowest BCUT2D eigenvalue weighted by molar-refractivity contribution is -0.165. The topological polar surface area (TPSA) is 155 Å². The first-order chi connectivity index (χ1) is 22.5. The van der Waals surface area contributed by atoms with Crippen molar-refractivity contribution >= 4 is 29.0 Å². The molecular weight excluding hydrogens is 610 g/mol. The maximum Gasteiger partial charge on any atom is 0.405 e. The standard InChI is InChI=1S/C37H53N5O6/c1-22-14-15-24(18-22)12-10-9-11-13-27-32(40-28-19-25(20-38)16-17-26(28)39-27)47-29-21-42(30(23(29)2)34(44)48-37(6,7)8)33(43)31(36(3,4)5)41-35(45)46/h16-17,19,22-24,29-31,41H,9-15,18,21H2,1-8H3,(H,45,46)/t22-,23+,24-,29-,30-,31+/m0/s1. The average Bonchev–Trinajstić information content (AvgIpc) is 3.55. The third kappa shape index (κ3) is 9.36. The van der Waals surface area contributed by atoms with Gasteiger partial charge in [0.15, 0.2) is 0 Å². The molecule has 1 aliphatic heterocycles. The highest BCUT2D eigenvalue weighted by molar-refractivity contribution is 5.91. The number of nitrogens with zero attached hydrogens (tertiary/aromatic N) is 4. The SMILES string of the molecule is C[C@H]1CC[C@H](CCCCCc2nc3ccc(C#N)cc3nc2O[C@H]2CN(C(=O)[C@@H](NC(=O)O)C(C)(C)C)[C@H](C(=O)OC(C)(C)C)[C@@H]2C)C1. The van der Waals surface area contributed by atoms with E-state index in [1.54, 1.807) is 59.7 Å². The minimum absolute atomic E-state index is 0.0228. The van der Waals surface area contributed by atoms with E-state index in [2.05, 4.69) is 18.3 Å². The Bertz CT molecular complexity index is 1520. The molecule has 6 atom stereocenters. The first-order valence-electron chi connectivity index (χ1n) is 17.4. The van der Waals surface area contributed by atoms with Gasteiger partial charge in [-0.3, -0.25) is 4.79 Å². The van der Waals surface area contributed by atoms with Crippen molar-refractivity contribution < 1.29 is 29.0 Å². The van der Waals surface area contributed by atoms with E-state index in [0.29, 0.717) is 34.6 Å². The Balaban J connectivity index is 1.62. The van der Waals surface area contributed by atoms with Crippen molar-refractivity contribution in [1.82, 2.24) is 20.2 Å². The van der Waals surface area contributed by atoms with Gasteiger partial charge in [-0.1, -0.05) is 66.7 Å². The molecule has 4 rings (SSSR count). The van der Waals surface area contributed by atoms with Gasteiger partial charge in [-0.15, -0.1) is 0 Å². The van der Waals surface area contributed by atoms with E-state index in [0.717, 1.165) is 31.1 Å². The number of rotatable bonds is 11. The van der Waals surface area contributed by atoms with Gasteiger partial charge in [-0.25, -0.2) is 19.6 Å². The van der Waals surface area contributed by atoms with Crippen LogP contribution in [-0.4, -0.2) is 68.3 Å². The van der Waals surface area contributed by atoms with Gasteiger partial charge in [-0.05, 0) is 75.5 Å². The molecule has 0 bridgehead atoms. The number of carbonyl (C=O) groups excluding carboxylic acids is 2. The summed E-state index contributed by atoms with van der Waals surface area (Å²) in [6.07, 6.45) is 7.01. The summed E-state index contributed by atoms with van der Waals surface area (Å²) in [5.74, 6) is 0.336. The van der Waals surface area contributed by atoms with Crippen LogP contribution in [0.2, 0.25) is 0 Å². The maximum atomic E-state index is 14.1. The number of aromatic nitrogens is 2. The number of benzene rings is 1. The third-order valence-electron chi connectivity index (χ3n) is 9.53. The fourth-order valence-corrected chi connectivity index (χ4v) is 7.01. The molecule has 1 aliphatic carbocycles. The van der Waals surface area contributed by atoms with Gasteiger partial charge in [0.1, 0.15) is 29.5 Å². The molecule has 2 aliphatic rings. The highest BCUT2D eigenvalue weighted by Crippen LogP contribution is 2.35. The number of ether oxygens (including phenoxy) is 2. The molecule has 1 aromatic carbocycles. The van der Waals surface area contributed by atoms with Gasteiger partial charge in [0.05, 0.1) is 29.2 Å². The van der Waals surface area contributed by atoms with E-state index in [-0.39, 0.29) is 6.54 Å². The predicted octanol–water partition coefficient (Wildman–Crippen LogP) is 6.66. The molecule has 11 heteroatoms. The van der Waals surface area contributed by atoms with E-state index in [1.165, 1.54) is 30.6 Å². The monoisotopic (exact) mass is 663 g/mol. The van der Waals surface area contributed by atoms with Crippen LogP contribution in [0.4, 0.5) is 4.79 Å². The number of aryl methyl sites for hydroxylation is 1. The van der Waals surface area contributed by atoms with Gasteiger partial charge < -0.3 is 24.8 Å². The molecule has 48 heavy (non-hydrogen) atoms. The van der Waals surface area contributed by atoms with E-state index < -0.39 is 53.1 Å². The number of hydrogen-bond donors (Lipinski definition) is 2. The molecule has 0 radical (unpaired) electrons. The summed E-state index contributed by atoms with van der Waals surface area (Å²) in [6, 6.07) is 5.20. The van der Waals surface area contributed by atoms with E-state index in [1.807, 2.05) is 6.92 Å².